The molecule has 2 heterocycles. The van der Waals surface area contributed by atoms with Crippen molar-refractivity contribution in [1.82, 2.24) is 20.0 Å². The van der Waals surface area contributed by atoms with E-state index in [1.165, 1.54) is 5.56 Å². The molecule has 7 heteroatoms. The Kier molecular flexibility index (Phi) is 7.66. The van der Waals surface area contributed by atoms with Crippen LogP contribution >= 0.6 is 0 Å². The number of nitrogens with one attached hydrogen (secondary N) is 2. The highest BCUT2D eigenvalue weighted by Gasteiger charge is 2.20. The molecule has 1 aromatic carbocycles. The summed E-state index contributed by atoms with van der Waals surface area (Å²) in [7, 11) is 1.74. The van der Waals surface area contributed by atoms with Crippen molar-refractivity contribution < 1.29 is 9.53 Å². The first kappa shape index (κ1) is 21.3. The van der Waals surface area contributed by atoms with Gasteiger partial charge in [-0.25, -0.2) is 4.79 Å². The third-order valence-electron chi connectivity index (χ3n) is 5.70. The summed E-state index contributed by atoms with van der Waals surface area (Å²) in [4.78, 5) is 14.8. The second-order valence-electron chi connectivity index (χ2n) is 7.84. The highest BCUT2D eigenvalue weighted by Crippen LogP contribution is 2.21. The van der Waals surface area contributed by atoms with Gasteiger partial charge in [0.25, 0.3) is 0 Å². The topological polar surface area (TPSA) is 71.4 Å². The molecule has 2 aromatic rings. The first-order valence-electron chi connectivity index (χ1n) is 10.4. The van der Waals surface area contributed by atoms with Gasteiger partial charge in [-0.05, 0) is 51.3 Å². The molecule has 1 aromatic heterocycles. The molecular formula is C22H33N5O2. The van der Waals surface area contributed by atoms with Crippen LogP contribution < -0.4 is 10.6 Å². The highest BCUT2D eigenvalue weighted by molar-refractivity contribution is 5.88. The van der Waals surface area contributed by atoms with Gasteiger partial charge >= 0.3 is 6.03 Å². The lowest BCUT2D eigenvalue weighted by atomic mass is 9.97. The number of anilines is 1. The largest absolute Gasteiger partial charge is 0.383 e. The van der Waals surface area contributed by atoms with Crippen LogP contribution in [0.15, 0.2) is 36.5 Å². The molecule has 1 aliphatic heterocycles. The number of aryl methyl sites for hydroxylation is 1. The van der Waals surface area contributed by atoms with Crippen LogP contribution in [0.2, 0.25) is 0 Å². The molecule has 3 rings (SSSR count). The van der Waals surface area contributed by atoms with Crippen LogP contribution in [0.1, 0.15) is 36.9 Å². The van der Waals surface area contributed by atoms with E-state index in [0.717, 1.165) is 44.6 Å². The number of rotatable bonds is 8. The zero-order valence-corrected chi connectivity index (χ0v) is 17.7. The number of likely N-dealkylation sites (tertiary alicyclic amines) is 1. The van der Waals surface area contributed by atoms with Crippen molar-refractivity contribution in [3.63, 3.8) is 0 Å². The summed E-state index contributed by atoms with van der Waals surface area (Å²) < 4.78 is 7.04. The van der Waals surface area contributed by atoms with Crippen molar-refractivity contribution in [2.24, 2.45) is 5.92 Å². The molecule has 0 spiro atoms. The molecule has 0 radical (unpaired) electrons. The van der Waals surface area contributed by atoms with Crippen molar-refractivity contribution in [3.8, 4) is 0 Å². The van der Waals surface area contributed by atoms with Crippen LogP contribution in [0.5, 0.6) is 0 Å². The number of amides is 2. The second kappa shape index (κ2) is 10.4. The van der Waals surface area contributed by atoms with E-state index in [0.29, 0.717) is 18.3 Å². The zero-order valence-electron chi connectivity index (χ0n) is 17.7. The maximum absolute atomic E-state index is 12.4. The van der Waals surface area contributed by atoms with Gasteiger partial charge in [-0.3, -0.25) is 10.00 Å². The third kappa shape index (κ3) is 6.05. The van der Waals surface area contributed by atoms with E-state index in [1.54, 1.807) is 7.11 Å². The molecule has 2 N–H and O–H groups in total. The molecule has 7 nitrogen and oxygen atoms in total. The van der Waals surface area contributed by atoms with Gasteiger partial charge < -0.3 is 15.0 Å². The van der Waals surface area contributed by atoms with Crippen LogP contribution in [0.3, 0.4) is 0 Å². The minimum atomic E-state index is -0.187. The lowest BCUT2D eigenvalue weighted by molar-refractivity contribution is 0.120. The van der Waals surface area contributed by atoms with Gasteiger partial charge in [0, 0.05) is 32.0 Å². The standard InChI is InChI=1S/C22H33N5O2/c1-17-16-27(18(2)20-7-5-4-6-8-20)25-21(17)24-22(28)23-15-19-9-11-26(12-10-19)13-14-29-3/h4-8,16,18-19H,9-15H2,1-3H3,(H2,23,24,25,28)/t18-/m0/s1. The van der Waals surface area contributed by atoms with E-state index >= 15 is 0 Å². The fourth-order valence-electron chi connectivity index (χ4n) is 3.71. The Balaban J connectivity index is 1.46. The molecule has 1 atom stereocenters. The van der Waals surface area contributed by atoms with Crippen molar-refractivity contribution >= 4 is 11.8 Å². The maximum Gasteiger partial charge on any atom is 0.320 e. The highest BCUT2D eigenvalue weighted by atomic mass is 16.5. The minimum absolute atomic E-state index is 0.108. The monoisotopic (exact) mass is 399 g/mol. The van der Waals surface area contributed by atoms with Gasteiger partial charge in [0.05, 0.1) is 12.6 Å². The van der Waals surface area contributed by atoms with Crippen LogP contribution in [-0.2, 0) is 4.74 Å². The predicted molar refractivity (Wildman–Crippen MR) is 115 cm³/mol. The fourth-order valence-corrected chi connectivity index (χ4v) is 3.71. The average molecular weight is 400 g/mol. The Morgan fingerprint density at radius 2 is 2.00 bits per heavy atom. The number of urea groups is 1. The predicted octanol–water partition coefficient (Wildman–Crippen LogP) is 3.28. The number of nitrogens with zero attached hydrogens (tertiary/aromatic N) is 3. The van der Waals surface area contributed by atoms with Crippen molar-refractivity contribution in [2.75, 3.05) is 45.2 Å². The lowest BCUT2D eigenvalue weighted by Crippen LogP contribution is -2.40. The molecule has 0 saturated carbocycles. The van der Waals surface area contributed by atoms with Gasteiger partial charge in [0.1, 0.15) is 0 Å². The summed E-state index contributed by atoms with van der Waals surface area (Å²) in [6.45, 7) is 8.67. The molecule has 1 fully saturated rings. The lowest BCUT2D eigenvalue weighted by Gasteiger charge is -2.31. The summed E-state index contributed by atoms with van der Waals surface area (Å²) in [5.74, 6) is 1.14. The first-order chi connectivity index (χ1) is 14.1. The van der Waals surface area contributed by atoms with Crippen molar-refractivity contribution in [3.05, 3.63) is 47.7 Å². The third-order valence-corrected chi connectivity index (χ3v) is 5.70. The smallest absolute Gasteiger partial charge is 0.320 e. The summed E-state index contributed by atoms with van der Waals surface area (Å²) in [6, 6.07) is 10.1. The van der Waals surface area contributed by atoms with Gasteiger partial charge in [0.2, 0.25) is 0 Å². The van der Waals surface area contributed by atoms with E-state index in [2.05, 4.69) is 39.7 Å². The number of carbonyl (C=O) groups excluding carboxylic acids is 1. The minimum Gasteiger partial charge on any atom is -0.383 e. The van der Waals surface area contributed by atoms with E-state index in [-0.39, 0.29) is 12.1 Å². The van der Waals surface area contributed by atoms with E-state index < -0.39 is 0 Å². The van der Waals surface area contributed by atoms with Crippen molar-refractivity contribution in [2.45, 2.75) is 32.7 Å². The van der Waals surface area contributed by atoms with Crippen LogP contribution in [0, 0.1) is 12.8 Å². The van der Waals surface area contributed by atoms with Gasteiger partial charge in [-0.1, -0.05) is 30.3 Å². The van der Waals surface area contributed by atoms with Gasteiger partial charge in [-0.2, -0.15) is 5.10 Å². The van der Waals surface area contributed by atoms with Gasteiger partial charge in [-0.15, -0.1) is 0 Å². The fraction of sp³-hybridized carbons (Fsp3) is 0.545. The van der Waals surface area contributed by atoms with E-state index in [9.17, 15) is 4.79 Å². The Morgan fingerprint density at radius 1 is 1.28 bits per heavy atom. The number of carbonyl (C=O) groups is 1. The number of hydrogen-bond acceptors (Lipinski definition) is 4. The summed E-state index contributed by atoms with van der Waals surface area (Å²) >= 11 is 0. The molecule has 2 amide bonds. The van der Waals surface area contributed by atoms with Crippen LogP contribution in [-0.4, -0.2) is 60.6 Å². The number of methoxy groups -OCH3 is 1. The van der Waals surface area contributed by atoms with Crippen LogP contribution in [0.4, 0.5) is 10.6 Å². The Labute approximate surface area is 173 Å². The summed E-state index contributed by atoms with van der Waals surface area (Å²) in [5, 5.41) is 10.5. The first-order valence-corrected chi connectivity index (χ1v) is 10.4. The molecule has 0 unspecified atom stereocenters. The zero-order chi connectivity index (χ0) is 20.6. The molecule has 0 aliphatic carbocycles. The molecule has 29 heavy (non-hydrogen) atoms. The maximum atomic E-state index is 12.4. The number of ether oxygens (including phenoxy) is 1. The average Bonchev–Trinajstić information content (AvgIpc) is 3.11. The Bertz CT molecular complexity index is 769. The summed E-state index contributed by atoms with van der Waals surface area (Å²) in [5.41, 5.74) is 2.14. The summed E-state index contributed by atoms with van der Waals surface area (Å²) in [6.07, 6.45) is 4.18. The molecule has 1 aliphatic rings. The molecule has 158 valence electrons. The molecular weight excluding hydrogens is 366 g/mol. The number of piperidine rings is 1. The Hall–Kier alpha value is -2.38. The number of hydrogen-bond donors (Lipinski definition) is 2. The van der Waals surface area contributed by atoms with E-state index in [4.69, 9.17) is 4.74 Å². The molecule has 1 saturated heterocycles. The van der Waals surface area contributed by atoms with Gasteiger partial charge in [0.15, 0.2) is 5.82 Å². The van der Waals surface area contributed by atoms with E-state index in [1.807, 2.05) is 36.0 Å². The molecule has 0 bridgehead atoms. The number of benzene rings is 1. The number of aromatic nitrogens is 2. The second-order valence-corrected chi connectivity index (χ2v) is 7.84. The SMILES string of the molecule is COCCN1CCC(CNC(=O)Nc2nn([C@@H](C)c3ccccc3)cc2C)CC1. The quantitative estimate of drug-likeness (QED) is 0.715. The van der Waals surface area contributed by atoms with Crippen molar-refractivity contribution in [1.29, 1.82) is 0 Å². The normalized spacial score (nSPS) is 16.5. The Morgan fingerprint density at radius 3 is 2.69 bits per heavy atom. The van der Waals surface area contributed by atoms with Crippen LogP contribution in [0.25, 0.3) is 0 Å².